The summed E-state index contributed by atoms with van der Waals surface area (Å²) in [5, 5.41) is 3.48. The SMILES string of the molecule is CCN(C)C1CCc2ccccc2C1NC. The van der Waals surface area contributed by atoms with E-state index in [-0.39, 0.29) is 0 Å². The molecule has 2 unspecified atom stereocenters. The number of nitrogens with zero attached hydrogens (tertiary/aromatic N) is 1. The van der Waals surface area contributed by atoms with Crippen molar-refractivity contribution >= 4 is 0 Å². The monoisotopic (exact) mass is 218 g/mol. The lowest BCUT2D eigenvalue weighted by Gasteiger charge is -2.38. The van der Waals surface area contributed by atoms with Gasteiger partial charge < -0.3 is 10.2 Å². The van der Waals surface area contributed by atoms with E-state index in [9.17, 15) is 0 Å². The molecule has 0 radical (unpaired) electrons. The van der Waals surface area contributed by atoms with Gasteiger partial charge in [-0.3, -0.25) is 0 Å². The lowest BCUT2D eigenvalue weighted by molar-refractivity contribution is 0.185. The van der Waals surface area contributed by atoms with Crippen molar-refractivity contribution in [2.24, 2.45) is 0 Å². The molecular weight excluding hydrogens is 196 g/mol. The van der Waals surface area contributed by atoms with Crippen molar-refractivity contribution < 1.29 is 0 Å². The minimum Gasteiger partial charge on any atom is -0.312 e. The first-order chi connectivity index (χ1) is 7.77. The van der Waals surface area contributed by atoms with Crippen molar-refractivity contribution in [3.8, 4) is 0 Å². The fourth-order valence-electron chi connectivity index (χ4n) is 2.80. The first-order valence-electron chi connectivity index (χ1n) is 6.23. The van der Waals surface area contributed by atoms with E-state index in [4.69, 9.17) is 0 Å². The molecular formula is C14H22N2. The molecule has 88 valence electrons. The van der Waals surface area contributed by atoms with Crippen LogP contribution < -0.4 is 5.32 Å². The Morgan fingerprint density at radius 1 is 1.38 bits per heavy atom. The summed E-state index contributed by atoms with van der Waals surface area (Å²) in [6.07, 6.45) is 2.47. The number of fused-ring (bicyclic) bond motifs is 1. The van der Waals surface area contributed by atoms with Crippen molar-refractivity contribution in [3.63, 3.8) is 0 Å². The van der Waals surface area contributed by atoms with Gasteiger partial charge in [-0.1, -0.05) is 31.2 Å². The molecule has 0 spiro atoms. The van der Waals surface area contributed by atoms with Crippen LogP contribution in [0.25, 0.3) is 0 Å². The minimum atomic E-state index is 0.481. The van der Waals surface area contributed by atoms with Crippen LogP contribution in [0, 0.1) is 0 Å². The second kappa shape index (κ2) is 4.98. The third kappa shape index (κ3) is 2.00. The van der Waals surface area contributed by atoms with Gasteiger partial charge in [0.15, 0.2) is 0 Å². The maximum absolute atomic E-state index is 3.48. The molecule has 0 aromatic heterocycles. The number of likely N-dealkylation sites (N-methyl/N-ethyl adjacent to an activating group) is 2. The van der Waals surface area contributed by atoms with Gasteiger partial charge in [0, 0.05) is 12.1 Å². The van der Waals surface area contributed by atoms with Gasteiger partial charge in [0.05, 0.1) is 0 Å². The number of benzene rings is 1. The number of hydrogen-bond acceptors (Lipinski definition) is 2. The second-order valence-electron chi connectivity index (χ2n) is 4.64. The highest BCUT2D eigenvalue weighted by Crippen LogP contribution is 2.31. The molecule has 1 N–H and O–H groups in total. The van der Waals surface area contributed by atoms with Crippen LogP contribution in [-0.4, -0.2) is 31.6 Å². The summed E-state index contributed by atoms with van der Waals surface area (Å²) in [6, 6.07) is 9.95. The van der Waals surface area contributed by atoms with E-state index >= 15 is 0 Å². The van der Waals surface area contributed by atoms with Gasteiger partial charge in [-0.15, -0.1) is 0 Å². The standard InChI is InChI=1S/C14H22N2/c1-4-16(3)13-10-9-11-7-5-6-8-12(11)14(13)15-2/h5-8,13-15H,4,9-10H2,1-3H3. The molecule has 1 aliphatic rings. The third-order valence-corrected chi connectivity index (χ3v) is 3.86. The summed E-state index contributed by atoms with van der Waals surface area (Å²) in [4.78, 5) is 2.46. The third-order valence-electron chi connectivity index (χ3n) is 3.86. The Hall–Kier alpha value is -0.860. The quantitative estimate of drug-likeness (QED) is 0.837. The van der Waals surface area contributed by atoms with Crippen LogP contribution in [0.1, 0.15) is 30.5 Å². The van der Waals surface area contributed by atoms with Crippen LogP contribution in [-0.2, 0) is 6.42 Å². The average molecular weight is 218 g/mol. The molecule has 0 saturated carbocycles. The molecule has 0 heterocycles. The molecule has 16 heavy (non-hydrogen) atoms. The van der Waals surface area contributed by atoms with Crippen molar-refractivity contribution in [1.29, 1.82) is 0 Å². The molecule has 1 aromatic carbocycles. The van der Waals surface area contributed by atoms with E-state index in [1.807, 2.05) is 0 Å². The van der Waals surface area contributed by atoms with Crippen molar-refractivity contribution in [2.75, 3.05) is 20.6 Å². The van der Waals surface area contributed by atoms with Gasteiger partial charge in [0.2, 0.25) is 0 Å². The molecule has 0 aliphatic heterocycles. The molecule has 2 rings (SSSR count). The highest BCUT2D eigenvalue weighted by molar-refractivity contribution is 5.33. The Labute approximate surface area is 98.7 Å². The first-order valence-corrected chi connectivity index (χ1v) is 6.23. The zero-order chi connectivity index (χ0) is 11.5. The van der Waals surface area contributed by atoms with Gasteiger partial charge in [-0.05, 0) is 44.6 Å². The smallest absolute Gasteiger partial charge is 0.0478 e. The molecule has 1 aliphatic carbocycles. The minimum absolute atomic E-state index is 0.481. The van der Waals surface area contributed by atoms with E-state index in [2.05, 4.69) is 55.5 Å². The van der Waals surface area contributed by atoms with Crippen LogP contribution in [0.3, 0.4) is 0 Å². The van der Waals surface area contributed by atoms with E-state index in [1.165, 1.54) is 24.0 Å². The Morgan fingerprint density at radius 3 is 2.81 bits per heavy atom. The van der Waals surface area contributed by atoms with Gasteiger partial charge in [0.1, 0.15) is 0 Å². The molecule has 2 nitrogen and oxygen atoms in total. The highest BCUT2D eigenvalue weighted by atomic mass is 15.2. The summed E-state index contributed by atoms with van der Waals surface area (Å²) in [5.41, 5.74) is 3.00. The molecule has 0 saturated heterocycles. The fourth-order valence-corrected chi connectivity index (χ4v) is 2.80. The number of rotatable bonds is 3. The van der Waals surface area contributed by atoms with Crippen LogP contribution in [0.2, 0.25) is 0 Å². The number of aryl methyl sites for hydroxylation is 1. The summed E-state index contributed by atoms with van der Waals surface area (Å²) < 4.78 is 0. The molecule has 2 atom stereocenters. The highest BCUT2D eigenvalue weighted by Gasteiger charge is 2.29. The van der Waals surface area contributed by atoms with Crippen LogP contribution in [0.5, 0.6) is 0 Å². The predicted octanol–water partition coefficient (Wildman–Crippen LogP) is 2.21. The molecule has 2 heteroatoms. The topological polar surface area (TPSA) is 15.3 Å². The van der Waals surface area contributed by atoms with Crippen molar-refractivity contribution in [1.82, 2.24) is 10.2 Å². The molecule has 1 aromatic rings. The fraction of sp³-hybridized carbons (Fsp3) is 0.571. The van der Waals surface area contributed by atoms with Gasteiger partial charge in [-0.25, -0.2) is 0 Å². The largest absolute Gasteiger partial charge is 0.312 e. The average Bonchev–Trinajstić information content (AvgIpc) is 2.36. The number of nitrogens with one attached hydrogen (secondary N) is 1. The lowest BCUT2D eigenvalue weighted by Crippen LogP contribution is -2.44. The van der Waals surface area contributed by atoms with Gasteiger partial charge in [0.25, 0.3) is 0 Å². The van der Waals surface area contributed by atoms with Crippen LogP contribution in [0.15, 0.2) is 24.3 Å². The van der Waals surface area contributed by atoms with E-state index in [0.29, 0.717) is 12.1 Å². The van der Waals surface area contributed by atoms with E-state index in [1.54, 1.807) is 0 Å². The summed E-state index contributed by atoms with van der Waals surface area (Å²) in [6.45, 7) is 3.35. The summed E-state index contributed by atoms with van der Waals surface area (Å²) in [7, 11) is 4.30. The molecule has 0 fully saturated rings. The van der Waals surface area contributed by atoms with Crippen molar-refractivity contribution in [3.05, 3.63) is 35.4 Å². The second-order valence-corrected chi connectivity index (χ2v) is 4.64. The zero-order valence-corrected chi connectivity index (χ0v) is 10.5. The van der Waals surface area contributed by atoms with Gasteiger partial charge in [-0.2, -0.15) is 0 Å². The zero-order valence-electron chi connectivity index (χ0n) is 10.5. The Bertz CT molecular complexity index is 348. The van der Waals surface area contributed by atoms with Crippen molar-refractivity contribution in [2.45, 2.75) is 31.8 Å². The first kappa shape index (κ1) is 11.6. The Kier molecular flexibility index (Phi) is 3.62. The van der Waals surface area contributed by atoms with E-state index < -0.39 is 0 Å². The van der Waals surface area contributed by atoms with Crippen LogP contribution in [0.4, 0.5) is 0 Å². The Morgan fingerprint density at radius 2 is 2.12 bits per heavy atom. The molecule has 0 bridgehead atoms. The summed E-state index contributed by atoms with van der Waals surface area (Å²) in [5.74, 6) is 0. The van der Waals surface area contributed by atoms with Gasteiger partial charge >= 0.3 is 0 Å². The summed E-state index contributed by atoms with van der Waals surface area (Å²) >= 11 is 0. The lowest BCUT2D eigenvalue weighted by atomic mass is 9.83. The normalized spacial score (nSPS) is 24.5. The predicted molar refractivity (Wildman–Crippen MR) is 68.7 cm³/mol. The molecule has 0 amide bonds. The van der Waals surface area contributed by atoms with E-state index in [0.717, 1.165) is 6.54 Å². The Balaban J connectivity index is 2.30. The number of hydrogen-bond donors (Lipinski definition) is 1. The maximum atomic E-state index is 3.48. The van der Waals surface area contributed by atoms with Crippen LogP contribution >= 0.6 is 0 Å². The maximum Gasteiger partial charge on any atom is 0.0478 e.